The normalized spacial score (nSPS) is 21.2. The molecule has 1 aromatic carbocycles. The van der Waals surface area contributed by atoms with E-state index in [2.05, 4.69) is 12.2 Å². The summed E-state index contributed by atoms with van der Waals surface area (Å²) in [7, 11) is -2.29. The number of nitrogens with zero attached hydrogens (tertiary/aromatic N) is 1. The molecule has 0 bridgehead atoms. The second kappa shape index (κ2) is 8.29. The maximum atomic E-state index is 12.4. The maximum Gasteiger partial charge on any atom is 0.243 e. The first-order valence-electron chi connectivity index (χ1n) is 8.17. The van der Waals surface area contributed by atoms with Crippen LogP contribution in [0.5, 0.6) is 0 Å². The zero-order valence-corrected chi connectivity index (χ0v) is 15.7. The average Bonchev–Trinajstić information content (AvgIpc) is 3.00. The van der Waals surface area contributed by atoms with Crippen LogP contribution in [0.15, 0.2) is 29.2 Å². The molecule has 1 aromatic rings. The molecule has 0 spiro atoms. The topological polar surface area (TPSA) is 70.9 Å². The lowest BCUT2D eigenvalue weighted by atomic mass is 10.2. The Morgan fingerprint density at radius 1 is 1.38 bits per heavy atom. The number of carbonyl (C=O) groups excluding carboxylic acids is 1. The Kier molecular flexibility index (Phi) is 6.62. The predicted octanol–water partition coefficient (Wildman–Crippen LogP) is 0.144. The highest BCUT2D eigenvalue weighted by Crippen LogP contribution is 2.17. The van der Waals surface area contributed by atoms with Gasteiger partial charge in [0.2, 0.25) is 15.9 Å². The number of quaternary nitrogens is 1. The number of nitrogens with one attached hydrogen (secondary N) is 2. The Bertz CT molecular complexity index is 664. The second-order valence-corrected chi connectivity index (χ2v) is 8.60. The van der Waals surface area contributed by atoms with Gasteiger partial charge in [0.15, 0.2) is 0 Å². The maximum absolute atomic E-state index is 12.4. The fourth-order valence-corrected chi connectivity index (χ4v) is 4.32. The first-order valence-corrected chi connectivity index (χ1v) is 9.99. The summed E-state index contributed by atoms with van der Waals surface area (Å²) in [5, 5.41) is 3.33. The first-order chi connectivity index (χ1) is 11.3. The number of likely N-dealkylation sites (N-methyl/N-ethyl adjacent to an activating group) is 2. The van der Waals surface area contributed by atoms with Crippen molar-refractivity contribution in [1.82, 2.24) is 9.62 Å². The van der Waals surface area contributed by atoms with Gasteiger partial charge in [0.05, 0.1) is 31.1 Å². The van der Waals surface area contributed by atoms with Crippen LogP contribution in [0.4, 0.5) is 0 Å². The summed E-state index contributed by atoms with van der Waals surface area (Å²) in [6.45, 7) is 4.73. The summed E-state index contributed by atoms with van der Waals surface area (Å²) in [5.74, 6) is -0.280. The Hall–Kier alpha value is -1.15. The molecule has 0 aromatic heterocycles. The van der Waals surface area contributed by atoms with Crippen molar-refractivity contribution < 1.29 is 18.1 Å². The number of hydrogen-bond acceptors (Lipinski definition) is 3. The fourth-order valence-electron chi connectivity index (χ4n) is 3.06. The van der Waals surface area contributed by atoms with E-state index < -0.39 is 10.0 Å². The van der Waals surface area contributed by atoms with E-state index in [9.17, 15) is 13.2 Å². The Morgan fingerprint density at radius 2 is 2.04 bits per heavy atom. The molecule has 24 heavy (non-hydrogen) atoms. The van der Waals surface area contributed by atoms with E-state index in [0.717, 1.165) is 23.8 Å². The molecule has 1 saturated heterocycles. The van der Waals surface area contributed by atoms with E-state index in [4.69, 9.17) is 11.6 Å². The molecule has 134 valence electrons. The Balaban J connectivity index is 1.89. The van der Waals surface area contributed by atoms with Gasteiger partial charge in [-0.25, -0.2) is 8.42 Å². The highest BCUT2D eigenvalue weighted by atomic mass is 35.5. The highest BCUT2D eigenvalue weighted by Gasteiger charge is 2.28. The fraction of sp³-hybridized carbons (Fsp3) is 0.562. The first kappa shape index (κ1) is 19.2. The average molecular weight is 375 g/mol. The molecule has 6 nitrogen and oxygen atoms in total. The summed E-state index contributed by atoms with van der Waals surface area (Å²) >= 11 is 5.78. The van der Waals surface area contributed by atoms with Crippen molar-refractivity contribution >= 4 is 27.5 Å². The van der Waals surface area contributed by atoms with Gasteiger partial charge in [-0.05, 0) is 31.2 Å². The summed E-state index contributed by atoms with van der Waals surface area (Å²) in [4.78, 5) is 13.7. The molecule has 2 atom stereocenters. The van der Waals surface area contributed by atoms with Gasteiger partial charge >= 0.3 is 0 Å². The SMILES string of the molecule is CC[NH+]1CCC[C@H]1CNC(=O)CN(C)S(=O)(=O)c1ccc(Cl)cc1. The third-order valence-electron chi connectivity index (χ3n) is 4.52. The number of rotatable bonds is 7. The number of sulfonamides is 1. The van der Waals surface area contributed by atoms with Crippen LogP contribution >= 0.6 is 11.6 Å². The van der Waals surface area contributed by atoms with E-state index in [1.54, 1.807) is 0 Å². The molecular formula is C16H25ClN3O3S+. The summed E-state index contributed by atoms with van der Waals surface area (Å²) in [6.07, 6.45) is 2.27. The summed E-state index contributed by atoms with van der Waals surface area (Å²) in [5.41, 5.74) is 0. The predicted molar refractivity (Wildman–Crippen MR) is 93.7 cm³/mol. The molecular weight excluding hydrogens is 350 g/mol. The van der Waals surface area contributed by atoms with E-state index in [1.165, 1.54) is 42.6 Å². The van der Waals surface area contributed by atoms with Crippen molar-refractivity contribution in [3.05, 3.63) is 29.3 Å². The van der Waals surface area contributed by atoms with Crippen LogP contribution in [0.25, 0.3) is 0 Å². The molecule has 1 amide bonds. The minimum absolute atomic E-state index is 0.125. The van der Waals surface area contributed by atoms with Gasteiger partial charge in [-0.2, -0.15) is 4.31 Å². The minimum Gasteiger partial charge on any atom is -0.349 e. The van der Waals surface area contributed by atoms with Crippen LogP contribution in [0.2, 0.25) is 5.02 Å². The van der Waals surface area contributed by atoms with E-state index in [-0.39, 0.29) is 17.3 Å². The lowest BCUT2D eigenvalue weighted by molar-refractivity contribution is -0.909. The molecule has 0 saturated carbocycles. The van der Waals surface area contributed by atoms with Crippen molar-refractivity contribution in [3.8, 4) is 0 Å². The molecule has 0 aliphatic carbocycles. The number of likely N-dealkylation sites (tertiary alicyclic amines) is 1. The van der Waals surface area contributed by atoms with Crippen LogP contribution in [-0.2, 0) is 14.8 Å². The minimum atomic E-state index is -3.69. The number of carbonyl (C=O) groups is 1. The Labute approximate surface area is 148 Å². The standard InChI is InChI=1S/C16H24ClN3O3S/c1-3-20-10-4-5-14(20)11-18-16(21)12-19(2)24(22,23)15-8-6-13(17)7-9-15/h6-9,14H,3-5,10-12H2,1-2H3,(H,18,21)/p+1/t14-/m0/s1. The number of amides is 1. The third kappa shape index (κ3) is 4.69. The van der Waals surface area contributed by atoms with Crippen LogP contribution in [0.1, 0.15) is 19.8 Å². The smallest absolute Gasteiger partial charge is 0.243 e. The second-order valence-electron chi connectivity index (χ2n) is 6.12. The van der Waals surface area contributed by atoms with Crippen LogP contribution in [0.3, 0.4) is 0 Å². The summed E-state index contributed by atoms with van der Waals surface area (Å²) < 4.78 is 25.9. The van der Waals surface area contributed by atoms with Gasteiger partial charge in [0, 0.05) is 24.9 Å². The molecule has 2 rings (SSSR count). The molecule has 1 heterocycles. The number of halogens is 1. The van der Waals surface area contributed by atoms with Crippen LogP contribution in [0, 0.1) is 0 Å². The summed E-state index contributed by atoms with van der Waals surface area (Å²) in [6, 6.07) is 6.34. The molecule has 1 unspecified atom stereocenters. The van der Waals surface area contributed by atoms with E-state index >= 15 is 0 Å². The van der Waals surface area contributed by atoms with Gasteiger partial charge in [-0.3, -0.25) is 4.79 Å². The molecule has 0 radical (unpaired) electrons. The van der Waals surface area contributed by atoms with Gasteiger partial charge < -0.3 is 10.2 Å². The zero-order chi connectivity index (χ0) is 17.7. The number of hydrogen-bond donors (Lipinski definition) is 2. The molecule has 1 aliphatic rings. The van der Waals surface area contributed by atoms with Crippen molar-refractivity contribution in [2.45, 2.75) is 30.7 Å². The Morgan fingerprint density at radius 3 is 2.67 bits per heavy atom. The monoisotopic (exact) mass is 374 g/mol. The van der Waals surface area contributed by atoms with E-state index in [0.29, 0.717) is 17.6 Å². The van der Waals surface area contributed by atoms with Gasteiger partial charge in [0.25, 0.3) is 0 Å². The lowest BCUT2D eigenvalue weighted by Crippen LogP contribution is -3.14. The molecule has 8 heteroatoms. The van der Waals surface area contributed by atoms with Crippen molar-refractivity contribution in [2.75, 3.05) is 33.2 Å². The van der Waals surface area contributed by atoms with Gasteiger partial charge in [-0.1, -0.05) is 11.6 Å². The quantitative estimate of drug-likeness (QED) is 0.713. The van der Waals surface area contributed by atoms with Gasteiger partial charge in [0.1, 0.15) is 6.04 Å². The van der Waals surface area contributed by atoms with Crippen LogP contribution < -0.4 is 10.2 Å². The van der Waals surface area contributed by atoms with Crippen LogP contribution in [-0.4, -0.2) is 57.9 Å². The highest BCUT2D eigenvalue weighted by molar-refractivity contribution is 7.89. The zero-order valence-electron chi connectivity index (χ0n) is 14.1. The largest absolute Gasteiger partial charge is 0.349 e. The molecule has 2 N–H and O–H groups in total. The van der Waals surface area contributed by atoms with Crippen molar-refractivity contribution in [2.24, 2.45) is 0 Å². The van der Waals surface area contributed by atoms with Crippen molar-refractivity contribution in [1.29, 1.82) is 0 Å². The van der Waals surface area contributed by atoms with E-state index in [1.807, 2.05) is 0 Å². The van der Waals surface area contributed by atoms with Crippen molar-refractivity contribution in [3.63, 3.8) is 0 Å². The molecule has 1 aliphatic heterocycles. The number of benzene rings is 1. The van der Waals surface area contributed by atoms with Gasteiger partial charge in [-0.15, -0.1) is 0 Å². The third-order valence-corrected chi connectivity index (χ3v) is 6.59. The molecule has 1 fully saturated rings. The lowest BCUT2D eigenvalue weighted by Gasteiger charge is -2.21.